The molecule has 13 heteroatoms. The number of carbonyl (C=O) groups excluding carboxylic acids is 3. The van der Waals surface area contributed by atoms with Gasteiger partial charge in [-0.1, -0.05) is 72.9 Å². The van der Waals surface area contributed by atoms with E-state index in [1.165, 1.54) is 12.3 Å². The first kappa shape index (κ1) is 39.4. The number of aliphatic hydroxyl groups is 1. The lowest BCUT2D eigenvalue weighted by Crippen LogP contribution is -2.52. The van der Waals surface area contributed by atoms with Gasteiger partial charge in [-0.15, -0.1) is 5.10 Å². The van der Waals surface area contributed by atoms with Gasteiger partial charge in [-0.05, 0) is 67.1 Å². The fourth-order valence-corrected chi connectivity index (χ4v) is 13.5. The molecule has 4 aromatic rings. The molecule has 0 saturated carbocycles. The van der Waals surface area contributed by atoms with Crippen LogP contribution in [0.2, 0.25) is 18.6 Å². The molecule has 296 valence electrons. The number of rotatable bonds is 15. The van der Waals surface area contributed by atoms with Gasteiger partial charge in [0.15, 0.2) is 5.60 Å². The highest BCUT2D eigenvalue weighted by atomic mass is 28.3. The number of fused-ring (bicyclic) bond motifs is 2. The number of hydrogen-bond acceptors (Lipinski definition) is 9. The minimum atomic E-state index is -2.42. The van der Waals surface area contributed by atoms with Crippen LogP contribution < -0.4 is 19.7 Å². The van der Waals surface area contributed by atoms with Crippen molar-refractivity contribution in [1.29, 1.82) is 0 Å². The highest BCUT2D eigenvalue weighted by Crippen LogP contribution is 2.60. The highest BCUT2D eigenvalue weighted by molar-refractivity contribution is 6.91. The molecule has 1 spiro atoms. The van der Waals surface area contributed by atoms with E-state index in [0.717, 1.165) is 34.7 Å². The molecule has 12 nitrogen and oxygen atoms in total. The molecule has 0 bridgehead atoms. The average Bonchev–Trinajstić information content (AvgIpc) is 3.98. The molecule has 1 unspecified atom stereocenters. The number of methoxy groups -OCH3 is 2. The van der Waals surface area contributed by atoms with Crippen LogP contribution in [0.3, 0.4) is 0 Å². The Morgan fingerprint density at radius 2 is 1.80 bits per heavy atom. The van der Waals surface area contributed by atoms with E-state index in [4.69, 9.17) is 14.2 Å². The number of unbranched alkanes of at least 4 members (excludes halogenated alkanes) is 1. The van der Waals surface area contributed by atoms with Gasteiger partial charge in [-0.3, -0.25) is 19.1 Å². The predicted octanol–water partition coefficient (Wildman–Crippen LogP) is 5.53. The van der Waals surface area contributed by atoms with Crippen molar-refractivity contribution in [3.05, 3.63) is 95.8 Å². The lowest BCUT2D eigenvalue weighted by atomic mass is 9.82. The summed E-state index contributed by atoms with van der Waals surface area (Å²) in [6.07, 6.45) is 4.92. The monoisotopic (exact) mass is 779 g/mol. The Bertz CT molecular complexity index is 2040. The first-order chi connectivity index (χ1) is 27.0. The molecule has 4 heterocycles. The van der Waals surface area contributed by atoms with Crippen LogP contribution in [-0.2, 0) is 36.0 Å². The second-order valence-electron chi connectivity index (χ2n) is 15.8. The Morgan fingerprint density at radius 3 is 2.48 bits per heavy atom. The van der Waals surface area contributed by atoms with Crippen molar-refractivity contribution in [3.8, 4) is 5.75 Å². The Morgan fingerprint density at radius 1 is 1.04 bits per heavy atom. The zero-order valence-electron chi connectivity index (χ0n) is 33.0. The molecule has 5 atom stereocenters. The maximum absolute atomic E-state index is 15.2. The Hall–Kier alpha value is -4.85. The van der Waals surface area contributed by atoms with Crippen LogP contribution in [-0.4, -0.2) is 86.0 Å². The summed E-state index contributed by atoms with van der Waals surface area (Å²) >= 11 is 0. The van der Waals surface area contributed by atoms with Crippen LogP contribution in [0.1, 0.15) is 68.2 Å². The second-order valence-corrected chi connectivity index (χ2v) is 20.5. The van der Waals surface area contributed by atoms with Crippen molar-refractivity contribution in [2.45, 2.75) is 88.3 Å². The van der Waals surface area contributed by atoms with Crippen LogP contribution in [0.25, 0.3) is 0 Å². The summed E-state index contributed by atoms with van der Waals surface area (Å²) in [5, 5.41) is 20.5. The molecular weight excluding hydrogens is 727 g/mol. The quantitative estimate of drug-likeness (QED) is 0.0939. The van der Waals surface area contributed by atoms with Crippen LogP contribution in [0.5, 0.6) is 5.75 Å². The first-order valence-electron chi connectivity index (χ1n) is 19.7. The van der Waals surface area contributed by atoms with E-state index in [0.29, 0.717) is 51.0 Å². The number of nitrogens with zero attached hydrogens (tertiary/aromatic N) is 5. The van der Waals surface area contributed by atoms with Gasteiger partial charge in [0.1, 0.15) is 5.75 Å². The van der Waals surface area contributed by atoms with Crippen molar-refractivity contribution in [2.75, 3.05) is 43.7 Å². The molecule has 3 aromatic carbocycles. The molecule has 56 heavy (non-hydrogen) atoms. The third-order valence-corrected chi connectivity index (χ3v) is 16.7. The Balaban J connectivity index is 1.26. The Kier molecular flexibility index (Phi) is 11.5. The zero-order chi connectivity index (χ0) is 39.6. The summed E-state index contributed by atoms with van der Waals surface area (Å²) in [5.74, 6) is -0.0390. The van der Waals surface area contributed by atoms with Gasteiger partial charge in [-0.2, -0.15) is 0 Å². The third kappa shape index (κ3) is 7.16. The van der Waals surface area contributed by atoms with Gasteiger partial charge in [0, 0.05) is 55.8 Å². The van der Waals surface area contributed by atoms with Crippen molar-refractivity contribution in [3.63, 3.8) is 0 Å². The maximum Gasteiger partial charge on any atom is 0.305 e. The predicted molar refractivity (Wildman–Crippen MR) is 216 cm³/mol. The van der Waals surface area contributed by atoms with Gasteiger partial charge in [0.2, 0.25) is 5.91 Å². The van der Waals surface area contributed by atoms with Crippen LogP contribution in [0.4, 0.5) is 11.4 Å². The fraction of sp³-hybridized carbons (Fsp3) is 0.465. The van der Waals surface area contributed by atoms with Gasteiger partial charge in [-0.25, -0.2) is 0 Å². The van der Waals surface area contributed by atoms with Crippen molar-refractivity contribution >= 4 is 42.4 Å². The molecule has 7 rings (SSSR count). The highest BCUT2D eigenvalue weighted by Gasteiger charge is 2.66. The van der Waals surface area contributed by atoms with Crippen LogP contribution in [0, 0.1) is 5.92 Å². The SMILES string of the molecule is COC(=O)CCCCN1C(=O)[C@@]2(O[C@@H](CCn3cc(C(CO)c4ccccc4)nn3)[C@H]([Si](C)(C)c3ccc(OC)cc3)[C@H]2C)c2cc(N3CCCC3=O)ccc21. The lowest BCUT2D eigenvalue weighted by Gasteiger charge is -2.37. The van der Waals surface area contributed by atoms with Crippen molar-refractivity contribution in [1.82, 2.24) is 15.0 Å². The number of amides is 2. The number of ether oxygens (including phenoxy) is 3. The van der Waals surface area contributed by atoms with E-state index in [1.54, 1.807) is 7.11 Å². The number of esters is 1. The average molecular weight is 780 g/mol. The zero-order valence-corrected chi connectivity index (χ0v) is 34.0. The van der Waals surface area contributed by atoms with Crippen molar-refractivity contribution < 1.29 is 33.7 Å². The van der Waals surface area contributed by atoms with E-state index in [2.05, 4.69) is 42.5 Å². The normalized spacial score (nSPS) is 22.6. The van der Waals surface area contributed by atoms with Crippen LogP contribution >= 0.6 is 0 Å². The smallest absolute Gasteiger partial charge is 0.305 e. The van der Waals surface area contributed by atoms with Crippen molar-refractivity contribution in [2.24, 2.45) is 5.92 Å². The van der Waals surface area contributed by atoms with Gasteiger partial charge in [0.25, 0.3) is 5.91 Å². The van der Waals surface area contributed by atoms with E-state index in [1.807, 2.05) is 81.3 Å². The van der Waals surface area contributed by atoms with E-state index < -0.39 is 13.7 Å². The molecule has 2 amide bonds. The summed E-state index contributed by atoms with van der Waals surface area (Å²) in [5.41, 5.74) is 2.73. The molecule has 1 N–H and O–H groups in total. The largest absolute Gasteiger partial charge is 0.497 e. The summed E-state index contributed by atoms with van der Waals surface area (Å²) < 4.78 is 19.6. The molecule has 3 aliphatic rings. The Labute approximate surface area is 329 Å². The minimum Gasteiger partial charge on any atom is -0.497 e. The molecule has 2 fully saturated rings. The van der Waals surface area contributed by atoms with Crippen LogP contribution in [0.15, 0.2) is 79.0 Å². The molecule has 0 radical (unpaired) electrons. The molecule has 0 aliphatic carbocycles. The fourth-order valence-electron chi connectivity index (χ4n) is 9.42. The van der Waals surface area contributed by atoms with Gasteiger partial charge < -0.3 is 29.1 Å². The molecule has 2 saturated heterocycles. The number of aromatic nitrogens is 3. The number of hydrogen-bond donors (Lipinski definition) is 1. The number of carbonyl (C=O) groups is 3. The van der Waals surface area contributed by atoms with Gasteiger partial charge in [0.05, 0.1) is 52.3 Å². The number of benzene rings is 3. The van der Waals surface area contributed by atoms with E-state index in [9.17, 15) is 14.7 Å². The number of aliphatic hydroxyl groups excluding tert-OH is 1. The second kappa shape index (κ2) is 16.3. The maximum atomic E-state index is 15.2. The number of anilines is 2. The minimum absolute atomic E-state index is 0.00143. The van der Waals surface area contributed by atoms with Gasteiger partial charge >= 0.3 is 5.97 Å². The first-order valence-corrected chi connectivity index (χ1v) is 22.8. The summed E-state index contributed by atoms with van der Waals surface area (Å²) in [7, 11) is 0.629. The number of aryl methyl sites for hydroxylation is 1. The summed E-state index contributed by atoms with van der Waals surface area (Å²) in [4.78, 5) is 43.8. The topological polar surface area (TPSA) is 136 Å². The molecule has 3 aliphatic heterocycles. The lowest BCUT2D eigenvalue weighted by molar-refractivity contribution is -0.146. The summed E-state index contributed by atoms with van der Waals surface area (Å²) in [6.45, 7) is 8.34. The van der Waals surface area contributed by atoms with E-state index >= 15 is 4.79 Å². The molecule has 1 aromatic heterocycles. The summed E-state index contributed by atoms with van der Waals surface area (Å²) in [6, 6.07) is 24.0. The third-order valence-electron chi connectivity index (χ3n) is 12.4. The standard InChI is InChI=1S/C43H53N5O7Si/c1-29-41(56(4,5)33-19-17-32(53-2)18-20-33)38(22-25-46-27-36(44-45-46)34(28-49)30-12-7-6-8-13-30)55-43(29)35-26-31(47-24-11-14-39(47)50)16-21-37(35)48(42(43)52)23-10-9-15-40(51)54-3/h6-8,12-13,16-21,26-27,29,34,38,41,49H,9-11,14-15,22-25,28H2,1-5H3/t29-,34?,38+,41-,43+/m1/s1. The van der Waals surface area contributed by atoms with E-state index in [-0.39, 0.29) is 54.3 Å². The molecular formula is C43H53N5O7Si.